The van der Waals surface area contributed by atoms with Gasteiger partial charge in [-0.3, -0.25) is 10.1 Å². The first-order valence-electron chi connectivity index (χ1n) is 6.56. The topological polar surface area (TPSA) is 91.8 Å². The van der Waals surface area contributed by atoms with Gasteiger partial charge in [-0.05, 0) is 25.0 Å². The van der Waals surface area contributed by atoms with Crippen LogP contribution in [0.15, 0.2) is 12.3 Å². The molecule has 1 aliphatic carbocycles. The predicted octanol–water partition coefficient (Wildman–Crippen LogP) is 2.95. The Morgan fingerprint density at radius 1 is 1.65 bits per heavy atom. The van der Waals surface area contributed by atoms with Gasteiger partial charge < -0.3 is 5.32 Å². The number of hydrogen-bond donors (Lipinski definition) is 1. The van der Waals surface area contributed by atoms with Crippen molar-refractivity contribution < 1.29 is 4.92 Å². The zero-order chi connectivity index (χ0) is 14.5. The Hall–Kier alpha value is -1.81. The van der Waals surface area contributed by atoms with Crippen molar-refractivity contribution in [2.75, 3.05) is 11.1 Å². The fourth-order valence-electron chi connectivity index (χ4n) is 2.41. The summed E-state index contributed by atoms with van der Waals surface area (Å²) in [6, 6.07) is 3.52. The Bertz CT molecular complexity index is 544. The average molecular weight is 292 g/mol. The molecule has 2 rings (SSSR count). The molecule has 2 atom stereocenters. The summed E-state index contributed by atoms with van der Waals surface area (Å²) in [6.07, 6.45) is 4.44. The van der Waals surface area contributed by atoms with E-state index in [-0.39, 0.29) is 11.3 Å². The van der Waals surface area contributed by atoms with Gasteiger partial charge in [-0.1, -0.05) is 6.92 Å². The van der Waals surface area contributed by atoms with Crippen LogP contribution in [0.2, 0.25) is 0 Å². The van der Waals surface area contributed by atoms with E-state index in [1.165, 1.54) is 12.3 Å². The molecule has 1 N–H and O–H groups in total. The zero-order valence-electron chi connectivity index (χ0n) is 11.2. The van der Waals surface area contributed by atoms with Crippen molar-refractivity contribution in [3.05, 3.63) is 27.9 Å². The second-order valence-electron chi connectivity index (χ2n) is 4.69. The van der Waals surface area contributed by atoms with Crippen LogP contribution in [-0.2, 0) is 0 Å². The number of rotatable bonds is 5. The SMILES string of the molecule is CCSC1CCC(Nc2ncc([N+](=O)[O-])cc2C#N)C1. The summed E-state index contributed by atoms with van der Waals surface area (Å²) < 4.78 is 0. The summed E-state index contributed by atoms with van der Waals surface area (Å²) in [5.74, 6) is 1.56. The molecule has 1 aliphatic rings. The number of nitrogens with zero attached hydrogens (tertiary/aromatic N) is 3. The molecule has 0 saturated heterocycles. The lowest BCUT2D eigenvalue weighted by Gasteiger charge is -2.14. The highest BCUT2D eigenvalue weighted by atomic mass is 32.2. The standard InChI is InChI=1S/C13H16N4O2S/c1-2-20-12-4-3-10(6-12)16-13-9(7-14)5-11(8-15-13)17(18)19/h5,8,10,12H,2-4,6H2,1H3,(H,15,16). The van der Waals surface area contributed by atoms with Crippen LogP contribution >= 0.6 is 11.8 Å². The number of thioether (sulfide) groups is 1. The van der Waals surface area contributed by atoms with Gasteiger partial charge in [-0.15, -0.1) is 0 Å². The van der Waals surface area contributed by atoms with Crippen LogP contribution in [0.25, 0.3) is 0 Å². The van der Waals surface area contributed by atoms with E-state index in [2.05, 4.69) is 17.2 Å². The number of nitriles is 1. The van der Waals surface area contributed by atoms with Gasteiger partial charge in [0.25, 0.3) is 5.69 Å². The third-order valence-corrected chi connectivity index (χ3v) is 4.57. The number of aromatic nitrogens is 1. The molecule has 1 heterocycles. The van der Waals surface area contributed by atoms with Gasteiger partial charge in [0.15, 0.2) is 0 Å². The van der Waals surface area contributed by atoms with Crippen LogP contribution in [0.3, 0.4) is 0 Å². The Morgan fingerprint density at radius 2 is 2.45 bits per heavy atom. The highest BCUT2D eigenvalue weighted by molar-refractivity contribution is 7.99. The average Bonchev–Trinajstić information content (AvgIpc) is 2.87. The highest BCUT2D eigenvalue weighted by Crippen LogP contribution is 2.32. The van der Waals surface area contributed by atoms with Gasteiger partial charge in [-0.2, -0.15) is 17.0 Å². The minimum absolute atomic E-state index is 0.155. The van der Waals surface area contributed by atoms with Gasteiger partial charge >= 0.3 is 0 Å². The molecule has 1 fully saturated rings. The lowest BCUT2D eigenvalue weighted by molar-refractivity contribution is -0.385. The fraction of sp³-hybridized carbons (Fsp3) is 0.538. The lowest BCUT2D eigenvalue weighted by atomic mass is 10.2. The number of pyridine rings is 1. The Balaban J connectivity index is 2.07. The summed E-state index contributed by atoms with van der Waals surface area (Å²) in [5, 5.41) is 23.7. The molecule has 0 aliphatic heterocycles. The Morgan fingerprint density at radius 3 is 3.10 bits per heavy atom. The fourth-order valence-corrected chi connectivity index (χ4v) is 3.55. The molecular formula is C13H16N4O2S. The molecule has 0 aromatic carbocycles. The quantitative estimate of drug-likeness (QED) is 0.662. The van der Waals surface area contributed by atoms with Gasteiger partial charge in [0.2, 0.25) is 0 Å². The molecular weight excluding hydrogens is 276 g/mol. The van der Waals surface area contributed by atoms with E-state index in [1.54, 1.807) is 0 Å². The molecule has 1 aromatic rings. The normalized spacial score (nSPS) is 21.4. The van der Waals surface area contributed by atoms with Crippen molar-refractivity contribution in [2.24, 2.45) is 0 Å². The molecule has 6 nitrogen and oxygen atoms in total. The largest absolute Gasteiger partial charge is 0.366 e. The summed E-state index contributed by atoms with van der Waals surface area (Å²) in [5.41, 5.74) is 0.0729. The second kappa shape index (κ2) is 6.57. The number of nitrogens with one attached hydrogen (secondary N) is 1. The van der Waals surface area contributed by atoms with Crippen LogP contribution < -0.4 is 5.32 Å². The molecule has 106 valence electrons. The van der Waals surface area contributed by atoms with Crippen molar-refractivity contribution in [3.8, 4) is 6.07 Å². The van der Waals surface area contributed by atoms with Crippen LogP contribution in [0.4, 0.5) is 11.5 Å². The summed E-state index contributed by atoms with van der Waals surface area (Å²) in [6.45, 7) is 2.15. The van der Waals surface area contributed by atoms with Gasteiger partial charge in [0, 0.05) is 17.4 Å². The molecule has 2 unspecified atom stereocenters. The van der Waals surface area contributed by atoms with E-state index in [0.717, 1.165) is 25.0 Å². The summed E-state index contributed by atoms with van der Waals surface area (Å²) >= 11 is 1.95. The number of nitro groups is 1. The van der Waals surface area contributed by atoms with Crippen molar-refractivity contribution in [3.63, 3.8) is 0 Å². The van der Waals surface area contributed by atoms with Gasteiger partial charge in [0.1, 0.15) is 23.6 Å². The van der Waals surface area contributed by atoms with Crippen LogP contribution in [0, 0.1) is 21.4 Å². The number of anilines is 1. The van der Waals surface area contributed by atoms with E-state index < -0.39 is 4.92 Å². The third kappa shape index (κ3) is 3.39. The Kier molecular flexibility index (Phi) is 4.79. The molecule has 0 spiro atoms. The molecule has 7 heteroatoms. The zero-order valence-corrected chi connectivity index (χ0v) is 12.0. The van der Waals surface area contributed by atoms with E-state index in [4.69, 9.17) is 5.26 Å². The van der Waals surface area contributed by atoms with Crippen molar-refractivity contribution in [1.82, 2.24) is 4.98 Å². The molecule has 1 saturated carbocycles. The maximum atomic E-state index is 10.7. The van der Waals surface area contributed by atoms with Crippen LogP contribution in [-0.4, -0.2) is 27.0 Å². The maximum Gasteiger partial charge on any atom is 0.289 e. The number of hydrogen-bond acceptors (Lipinski definition) is 6. The molecule has 20 heavy (non-hydrogen) atoms. The summed E-state index contributed by atoms with van der Waals surface area (Å²) in [7, 11) is 0. The molecule has 0 radical (unpaired) electrons. The van der Waals surface area contributed by atoms with Crippen LogP contribution in [0.5, 0.6) is 0 Å². The van der Waals surface area contributed by atoms with E-state index in [9.17, 15) is 10.1 Å². The second-order valence-corrected chi connectivity index (χ2v) is 6.27. The summed E-state index contributed by atoms with van der Waals surface area (Å²) in [4.78, 5) is 14.2. The minimum Gasteiger partial charge on any atom is -0.366 e. The first-order chi connectivity index (χ1) is 9.63. The van der Waals surface area contributed by atoms with E-state index in [1.807, 2.05) is 17.8 Å². The third-order valence-electron chi connectivity index (χ3n) is 3.33. The molecule has 0 bridgehead atoms. The lowest BCUT2D eigenvalue weighted by Crippen LogP contribution is -2.18. The molecule has 0 amide bonds. The van der Waals surface area contributed by atoms with Crippen molar-refractivity contribution in [1.29, 1.82) is 5.26 Å². The highest BCUT2D eigenvalue weighted by Gasteiger charge is 2.25. The Labute approximate surface area is 121 Å². The first-order valence-corrected chi connectivity index (χ1v) is 7.61. The predicted molar refractivity (Wildman–Crippen MR) is 78.8 cm³/mol. The van der Waals surface area contributed by atoms with Gasteiger partial charge in [-0.25, -0.2) is 4.98 Å². The van der Waals surface area contributed by atoms with Gasteiger partial charge in [0.05, 0.1) is 4.92 Å². The smallest absolute Gasteiger partial charge is 0.289 e. The van der Waals surface area contributed by atoms with E-state index in [0.29, 0.717) is 17.1 Å². The van der Waals surface area contributed by atoms with Crippen LogP contribution in [0.1, 0.15) is 31.7 Å². The monoisotopic (exact) mass is 292 g/mol. The maximum absolute atomic E-state index is 10.7. The van der Waals surface area contributed by atoms with Crippen molar-refractivity contribution >= 4 is 23.3 Å². The first kappa shape index (κ1) is 14.6. The molecule has 1 aromatic heterocycles. The van der Waals surface area contributed by atoms with Crippen molar-refractivity contribution in [2.45, 2.75) is 37.5 Å². The minimum atomic E-state index is -0.541. The van der Waals surface area contributed by atoms with E-state index >= 15 is 0 Å².